The number of aryl methyl sites for hydroxylation is 1. The largest absolute Gasteiger partial charge is 0.482 e. The molecule has 0 unspecified atom stereocenters. The average Bonchev–Trinajstić information content (AvgIpc) is 2.70. The van der Waals surface area contributed by atoms with Gasteiger partial charge in [-0.2, -0.15) is 5.10 Å². The zero-order chi connectivity index (χ0) is 24.6. The lowest BCUT2D eigenvalue weighted by Crippen LogP contribution is -2.39. The normalized spacial score (nSPS) is 11.8. The van der Waals surface area contributed by atoms with Gasteiger partial charge >= 0.3 is 5.97 Å². The minimum absolute atomic E-state index is 0.210. The summed E-state index contributed by atoms with van der Waals surface area (Å²) in [5.41, 5.74) is 3.78. The molecule has 0 fully saturated rings. The van der Waals surface area contributed by atoms with Gasteiger partial charge in [0.25, 0.3) is 5.91 Å². The molecule has 178 valence electrons. The predicted molar refractivity (Wildman–Crippen MR) is 127 cm³/mol. The third-order valence-electron chi connectivity index (χ3n) is 4.07. The van der Waals surface area contributed by atoms with E-state index in [1.807, 2.05) is 6.92 Å². The lowest BCUT2D eigenvalue weighted by molar-refractivity contribution is -0.157. The molecule has 2 aromatic carbocycles. The number of amides is 1. The first kappa shape index (κ1) is 25.9. The van der Waals surface area contributed by atoms with Crippen molar-refractivity contribution in [1.82, 2.24) is 5.43 Å². The molecule has 10 heteroatoms. The van der Waals surface area contributed by atoms with Crippen LogP contribution >= 0.6 is 0 Å². The number of nitrogens with zero attached hydrogens (tertiary/aromatic N) is 2. The Kier molecular flexibility index (Phi) is 8.58. The Balaban J connectivity index is 1.90. The molecule has 2 aromatic rings. The highest BCUT2D eigenvalue weighted by Crippen LogP contribution is 2.18. The number of hydrogen-bond donors (Lipinski definition) is 1. The molecule has 0 aliphatic rings. The smallest absolute Gasteiger partial charge is 0.344 e. The number of rotatable bonds is 9. The van der Waals surface area contributed by atoms with E-state index >= 15 is 0 Å². The van der Waals surface area contributed by atoms with E-state index in [0.717, 1.165) is 16.1 Å². The van der Waals surface area contributed by atoms with E-state index in [0.29, 0.717) is 17.0 Å². The summed E-state index contributed by atoms with van der Waals surface area (Å²) >= 11 is 0. The van der Waals surface area contributed by atoms with Gasteiger partial charge in [0.05, 0.1) is 18.2 Å². The van der Waals surface area contributed by atoms with Gasteiger partial charge in [-0.3, -0.25) is 9.10 Å². The predicted octanol–water partition coefficient (Wildman–Crippen LogP) is 2.63. The van der Waals surface area contributed by atoms with Crippen LogP contribution in [0, 0.1) is 6.92 Å². The van der Waals surface area contributed by atoms with Crippen LogP contribution in [0.2, 0.25) is 0 Å². The van der Waals surface area contributed by atoms with Crippen LogP contribution in [-0.2, 0) is 24.3 Å². The third-order valence-corrected chi connectivity index (χ3v) is 5.21. The van der Waals surface area contributed by atoms with Crippen LogP contribution in [0.1, 0.15) is 31.9 Å². The van der Waals surface area contributed by atoms with Crippen LogP contribution in [0.4, 0.5) is 5.69 Å². The molecule has 0 spiro atoms. The number of sulfonamides is 1. The minimum Gasteiger partial charge on any atom is -0.482 e. The van der Waals surface area contributed by atoms with Gasteiger partial charge in [-0.15, -0.1) is 0 Å². The quantitative estimate of drug-likeness (QED) is 0.339. The zero-order valence-electron chi connectivity index (χ0n) is 19.4. The highest BCUT2D eigenvalue weighted by atomic mass is 32.2. The van der Waals surface area contributed by atoms with Crippen molar-refractivity contribution in [2.45, 2.75) is 33.3 Å². The summed E-state index contributed by atoms with van der Waals surface area (Å²) in [6.07, 6.45) is 2.45. The van der Waals surface area contributed by atoms with Crippen LogP contribution in [0.5, 0.6) is 5.75 Å². The minimum atomic E-state index is -3.66. The SMILES string of the molecule is Cc1ccc(N(CC(=O)N/N=C\c2ccc(OCC(=O)OC(C)(C)C)cc2)S(C)(=O)=O)cc1. The molecule has 0 saturated carbocycles. The van der Waals surface area contributed by atoms with E-state index < -0.39 is 34.0 Å². The number of benzene rings is 2. The highest BCUT2D eigenvalue weighted by molar-refractivity contribution is 7.92. The number of nitrogens with one attached hydrogen (secondary N) is 1. The molecule has 9 nitrogen and oxygen atoms in total. The lowest BCUT2D eigenvalue weighted by atomic mass is 10.2. The molecule has 2 rings (SSSR count). The third kappa shape index (κ3) is 9.32. The number of carbonyl (C=O) groups excluding carboxylic acids is 2. The van der Waals surface area contributed by atoms with E-state index in [2.05, 4.69) is 10.5 Å². The van der Waals surface area contributed by atoms with Gasteiger partial charge in [0.15, 0.2) is 6.61 Å². The molecular formula is C23H29N3O6S. The fourth-order valence-corrected chi connectivity index (χ4v) is 3.48. The van der Waals surface area contributed by atoms with Crippen molar-refractivity contribution < 1.29 is 27.5 Å². The summed E-state index contributed by atoms with van der Waals surface area (Å²) in [6.45, 7) is 6.60. The number of anilines is 1. The van der Waals surface area contributed by atoms with Gasteiger partial charge in [-0.1, -0.05) is 17.7 Å². The van der Waals surface area contributed by atoms with Crippen LogP contribution in [-0.4, -0.2) is 51.5 Å². The van der Waals surface area contributed by atoms with Gasteiger partial charge < -0.3 is 9.47 Å². The van der Waals surface area contributed by atoms with Gasteiger partial charge in [0, 0.05) is 0 Å². The van der Waals surface area contributed by atoms with E-state index in [4.69, 9.17) is 9.47 Å². The van der Waals surface area contributed by atoms with Crippen molar-refractivity contribution >= 4 is 33.8 Å². The van der Waals surface area contributed by atoms with Crippen LogP contribution in [0.25, 0.3) is 0 Å². The zero-order valence-corrected chi connectivity index (χ0v) is 20.2. The Morgan fingerprint density at radius 3 is 2.21 bits per heavy atom. The molecule has 0 heterocycles. The first-order chi connectivity index (χ1) is 15.3. The monoisotopic (exact) mass is 475 g/mol. The molecule has 0 saturated heterocycles. The lowest BCUT2D eigenvalue weighted by Gasteiger charge is -2.21. The first-order valence-corrected chi connectivity index (χ1v) is 12.0. The molecule has 0 bridgehead atoms. The molecule has 0 radical (unpaired) electrons. The summed E-state index contributed by atoms with van der Waals surface area (Å²) in [5.74, 6) is -0.580. The highest BCUT2D eigenvalue weighted by Gasteiger charge is 2.20. The first-order valence-electron chi connectivity index (χ1n) is 10.1. The topological polar surface area (TPSA) is 114 Å². The Bertz CT molecular complexity index is 1090. The Labute approximate surface area is 194 Å². The van der Waals surface area contributed by atoms with Crippen LogP contribution in [0.15, 0.2) is 53.6 Å². The molecule has 0 aliphatic heterocycles. The number of hydrogen-bond acceptors (Lipinski definition) is 7. The van der Waals surface area contributed by atoms with Crippen LogP contribution < -0.4 is 14.5 Å². The average molecular weight is 476 g/mol. The summed E-state index contributed by atoms with van der Waals surface area (Å²) in [7, 11) is -3.66. The van der Waals surface area contributed by atoms with E-state index in [9.17, 15) is 18.0 Å². The standard InChI is InChI=1S/C23H29N3O6S/c1-17-6-10-19(11-7-17)26(33(5,29)30)15-21(27)25-24-14-18-8-12-20(13-9-18)31-16-22(28)32-23(2,3)4/h6-14H,15-16H2,1-5H3,(H,25,27)/b24-14-. The summed E-state index contributed by atoms with van der Waals surface area (Å²) in [5, 5.41) is 3.87. The maximum atomic E-state index is 12.2. The van der Waals surface area contributed by atoms with E-state index in [1.54, 1.807) is 69.3 Å². The van der Waals surface area contributed by atoms with Crippen molar-refractivity contribution in [3.63, 3.8) is 0 Å². The number of carbonyl (C=O) groups is 2. The molecule has 0 atom stereocenters. The second kappa shape index (κ2) is 11.0. The van der Waals surface area contributed by atoms with Gasteiger partial charge in [-0.05, 0) is 69.7 Å². The number of hydrazone groups is 1. The van der Waals surface area contributed by atoms with Gasteiger partial charge in [0.1, 0.15) is 17.9 Å². The maximum absolute atomic E-state index is 12.2. The van der Waals surface area contributed by atoms with Crippen molar-refractivity contribution in [3.8, 4) is 5.75 Å². The Hall–Kier alpha value is -3.40. The van der Waals surface area contributed by atoms with Gasteiger partial charge in [-0.25, -0.2) is 18.6 Å². The second-order valence-electron chi connectivity index (χ2n) is 8.34. The fourth-order valence-electron chi connectivity index (χ4n) is 2.62. The second-order valence-corrected chi connectivity index (χ2v) is 10.2. The molecule has 33 heavy (non-hydrogen) atoms. The molecule has 1 N–H and O–H groups in total. The molecular weight excluding hydrogens is 446 g/mol. The van der Waals surface area contributed by atoms with E-state index in [1.165, 1.54) is 6.21 Å². The van der Waals surface area contributed by atoms with Crippen LogP contribution in [0.3, 0.4) is 0 Å². The van der Waals surface area contributed by atoms with Crippen molar-refractivity contribution in [2.75, 3.05) is 23.7 Å². The molecule has 0 aromatic heterocycles. The van der Waals surface area contributed by atoms with Crippen molar-refractivity contribution in [3.05, 3.63) is 59.7 Å². The Morgan fingerprint density at radius 2 is 1.67 bits per heavy atom. The molecule has 1 amide bonds. The van der Waals surface area contributed by atoms with E-state index in [-0.39, 0.29) is 6.61 Å². The number of ether oxygens (including phenoxy) is 2. The van der Waals surface area contributed by atoms with Crippen molar-refractivity contribution in [1.29, 1.82) is 0 Å². The Morgan fingerprint density at radius 1 is 1.06 bits per heavy atom. The summed E-state index contributed by atoms with van der Waals surface area (Å²) in [6, 6.07) is 13.5. The van der Waals surface area contributed by atoms with Crippen molar-refractivity contribution in [2.24, 2.45) is 5.10 Å². The fraction of sp³-hybridized carbons (Fsp3) is 0.348. The number of esters is 1. The van der Waals surface area contributed by atoms with Gasteiger partial charge in [0.2, 0.25) is 10.0 Å². The molecule has 0 aliphatic carbocycles. The summed E-state index contributed by atoms with van der Waals surface area (Å²) < 4.78 is 35.8. The maximum Gasteiger partial charge on any atom is 0.344 e. The summed E-state index contributed by atoms with van der Waals surface area (Å²) in [4.78, 5) is 23.9.